The van der Waals surface area contributed by atoms with Crippen LogP contribution in [0.5, 0.6) is 0 Å². The number of carbonyl (C=O) groups excluding carboxylic acids is 3. The number of likely N-dealkylation sites (tertiary alicyclic amines) is 1. The van der Waals surface area contributed by atoms with Crippen LogP contribution in [0.25, 0.3) is 11.3 Å². The number of ether oxygens (including phenoxy) is 2. The van der Waals surface area contributed by atoms with E-state index in [1.165, 1.54) is 0 Å². The van der Waals surface area contributed by atoms with Crippen molar-refractivity contribution in [2.24, 2.45) is 5.41 Å². The summed E-state index contributed by atoms with van der Waals surface area (Å²) in [4.78, 5) is 51.1. The maximum atomic E-state index is 13.8. The van der Waals surface area contributed by atoms with Gasteiger partial charge in [0.2, 0.25) is 5.91 Å². The number of aromatic nitrogens is 1. The molecule has 0 aliphatic carbocycles. The largest absolute Gasteiger partial charge is 0.383 e. The Morgan fingerprint density at radius 1 is 1.16 bits per heavy atom. The van der Waals surface area contributed by atoms with Crippen LogP contribution in [0.4, 0.5) is 5.13 Å². The molecular formula is C31H44N6O5S. The maximum absolute atomic E-state index is 13.8. The van der Waals surface area contributed by atoms with Crippen LogP contribution in [-0.4, -0.2) is 123 Å². The van der Waals surface area contributed by atoms with E-state index in [4.69, 9.17) is 14.5 Å². The number of thiazole rings is 1. The van der Waals surface area contributed by atoms with Gasteiger partial charge < -0.3 is 29.9 Å². The Morgan fingerprint density at radius 3 is 2.53 bits per heavy atom. The van der Waals surface area contributed by atoms with Gasteiger partial charge in [-0.15, -0.1) is 11.3 Å². The molecule has 2 aromatic rings. The Balaban J connectivity index is 1.24. The standard InChI is InChI=1S/C31H44N6O5S/c1-31(2,3)16-22(29(40)37-17-23(32-4)27-26(37)25(38)18-42-27)33-28(39)21-8-6-20(7-9-21)24-19-43-30(34-24)36-12-10-35(11-13-36)14-15-41-5/h6-9,19,22-23,26-27,32H,10-18H2,1-5H3,(H,33,39)/t22?,23-,26+,27+/m0/s1. The summed E-state index contributed by atoms with van der Waals surface area (Å²) in [5.41, 5.74) is 2.04. The van der Waals surface area contributed by atoms with Gasteiger partial charge in [0, 0.05) is 62.9 Å². The van der Waals surface area contributed by atoms with E-state index < -0.39 is 12.1 Å². The lowest BCUT2D eigenvalue weighted by molar-refractivity contribution is -0.138. The van der Waals surface area contributed by atoms with E-state index in [1.54, 1.807) is 42.5 Å². The summed E-state index contributed by atoms with van der Waals surface area (Å²) in [5, 5.41) is 9.21. The number of hydrogen-bond acceptors (Lipinski definition) is 10. The van der Waals surface area contributed by atoms with E-state index in [9.17, 15) is 14.4 Å². The third-order valence-electron chi connectivity index (χ3n) is 8.45. The fourth-order valence-electron chi connectivity index (χ4n) is 6.11. The molecule has 43 heavy (non-hydrogen) atoms. The first kappa shape index (κ1) is 31.5. The minimum atomic E-state index is -0.770. The number of anilines is 1. The fourth-order valence-corrected chi connectivity index (χ4v) is 7.00. The van der Waals surface area contributed by atoms with E-state index in [0.29, 0.717) is 18.5 Å². The van der Waals surface area contributed by atoms with E-state index in [2.05, 4.69) is 25.8 Å². The molecule has 2 N–H and O–H groups in total. The molecule has 5 rings (SSSR count). The molecule has 3 fully saturated rings. The highest BCUT2D eigenvalue weighted by Gasteiger charge is 2.53. The number of nitrogens with zero attached hydrogens (tertiary/aromatic N) is 4. The van der Waals surface area contributed by atoms with Gasteiger partial charge in [-0.1, -0.05) is 32.9 Å². The lowest BCUT2D eigenvalue weighted by atomic mass is 9.87. The molecule has 1 unspecified atom stereocenters. The second kappa shape index (κ2) is 13.4. The van der Waals surface area contributed by atoms with E-state index >= 15 is 0 Å². The third-order valence-corrected chi connectivity index (χ3v) is 9.35. The number of amides is 2. The van der Waals surface area contributed by atoms with E-state index in [-0.39, 0.29) is 41.8 Å². The highest BCUT2D eigenvalue weighted by atomic mass is 32.1. The summed E-state index contributed by atoms with van der Waals surface area (Å²) in [6.45, 7) is 12.0. The first-order chi connectivity index (χ1) is 20.6. The number of ketones is 1. The molecule has 12 heteroatoms. The van der Waals surface area contributed by atoms with Gasteiger partial charge in [-0.25, -0.2) is 4.98 Å². The Hall–Kier alpha value is -2.90. The summed E-state index contributed by atoms with van der Waals surface area (Å²) in [6.07, 6.45) is 0.0714. The molecule has 0 bridgehead atoms. The number of rotatable bonds is 10. The van der Waals surface area contributed by atoms with Crippen molar-refractivity contribution < 1.29 is 23.9 Å². The lowest BCUT2D eigenvalue weighted by Gasteiger charge is -2.34. The smallest absolute Gasteiger partial charge is 0.251 e. The van der Waals surface area contributed by atoms with Crippen molar-refractivity contribution in [3.63, 3.8) is 0 Å². The minimum absolute atomic E-state index is 0.00589. The number of nitrogens with one attached hydrogen (secondary N) is 2. The van der Waals surface area contributed by atoms with Gasteiger partial charge in [0.05, 0.1) is 18.3 Å². The summed E-state index contributed by atoms with van der Waals surface area (Å²) in [6, 6.07) is 5.82. The molecule has 0 radical (unpaired) electrons. The number of hydrogen-bond donors (Lipinski definition) is 2. The molecule has 4 atom stereocenters. The number of fused-ring (bicyclic) bond motifs is 1. The molecule has 4 heterocycles. The summed E-state index contributed by atoms with van der Waals surface area (Å²) in [7, 11) is 3.54. The van der Waals surface area contributed by atoms with Crippen molar-refractivity contribution in [1.29, 1.82) is 0 Å². The van der Waals surface area contributed by atoms with Crippen LogP contribution >= 0.6 is 11.3 Å². The topological polar surface area (TPSA) is 116 Å². The molecule has 3 aliphatic rings. The van der Waals surface area contributed by atoms with Gasteiger partial charge in [-0.3, -0.25) is 19.3 Å². The quantitative estimate of drug-likeness (QED) is 0.415. The number of Topliss-reactive ketones (excluding diaryl/α,β-unsaturated/α-hetero) is 1. The zero-order valence-electron chi connectivity index (χ0n) is 25.8. The zero-order chi connectivity index (χ0) is 30.7. The SMILES string of the molecule is CN[C@H]1CN(C(=O)C(CC(C)(C)C)NC(=O)c2ccc(-c3csc(N4CCN(CCOC)CC4)n3)cc2)[C@@H]2C(=O)CO[C@H]12. The highest BCUT2D eigenvalue weighted by Crippen LogP contribution is 2.31. The van der Waals surface area contributed by atoms with Crippen molar-refractivity contribution in [1.82, 2.24) is 25.4 Å². The molecule has 0 spiro atoms. The van der Waals surface area contributed by atoms with Gasteiger partial charge in [-0.05, 0) is 31.0 Å². The van der Waals surface area contributed by atoms with Crippen molar-refractivity contribution in [3.05, 3.63) is 35.2 Å². The lowest BCUT2D eigenvalue weighted by Crippen LogP contribution is -2.53. The van der Waals surface area contributed by atoms with Crippen LogP contribution in [0, 0.1) is 5.41 Å². The third kappa shape index (κ3) is 7.26. The summed E-state index contributed by atoms with van der Waals surface area (Å²) < 4.78 is 10.9. The molecule has 234 valence electrons. The molecule has 11 nitrogen and oxygen atoms in total. The van der Waals surface area contributed by atoms with Crippen LogP contribution in [0.2, 0.25) is 0 Å². The first-order valence-electron chi connectivity index (χ1n) is 15.0. The zero-order valence-corrected chi connectivity index (χ0v) is 26.6. The molecule has 1 aromatic heterocycles. The Kier molecular flexibility index (Phi) is 9.82. The molecular weight excluding hydrogens is 568 g/mol. The molecule has 3 aliphatic heterocycles. The molecule has 2 amide bonds. The average molecular weight is 613 g/mol. The molecule has 1 aromatic carbocycles. The summed E-state index contributed by atoms with van der Waals surface area (Å²) >= 11 is 1.63. The van der Waals surface area contributed by atoms with Crippen molar-refractivity contribution >= 4 is 34.1 Å². The number of carbonyl (C=O) groups is 3. The van der Waals surface area contributed by atoms with Gasteiger partial charge in [0.25, 0.3) is 5.91 Å². The Labute approximate surface area is 257 Å². The Morgan fingerprint density at radius 2 is 1.88 bits per heavy atom. The number of piperazine rings is 1. The minimum Gasteiger partial charge on any atom is -0.383 e. The fraction of sp³-hybridized carbons (Fsp3) is 0.613. The van der Waals surface area contributed by atoms with E-state index in [1.807, 2.05) is 32.9 Å². The van der Waals surface area contributed by atoms with Gasteiger partial charge in [0.1, 0.15) is 24.8 Å². The number of benzene rings is 1. The van der Waals surface area contributed by atoms with Crippen molar-refractivity contribution in [3.8, 4) is 11.3 Å². The van der Waals surface area contributed by atoms with Gasteiger partial charge in [-0.2, -0.15) is 0 Å². The van der Waals surface area contributed by atoms with Gasteiger partial charge >= 0.3 is 0 Å². The van der Waals surface area contributed by atoms with Crippen LogP contribution in [0.1, 0.15) is 37.6 Å². The van der Waals surface area contributed by atoms with Crippen LogP contribution < -0.4 is 15.5 Å². The Bertz CT molecular complexity index is 1290. The van der Waals surface area contributed by atoms with Crippen LogP contribution in [0.15, 0.2) is 29.6 Å². The number of likely N-dealkylation sites (N-methyl/N-ethyl adjacent to an activating group) is 1. The normalized spacial score (nSPS) is 23.5. The highest BCUT2D eigenvalue weighted by molar-refractivity contribution is 7.14. The van der Waals surface area contributed by atoms with Crippen LogP contribution in [-0.2, 0) is 19.1 Å². The van der Waals surface area contributed by atoms with Crippen LogP contribution in [0.3, 0.4) is 0 Å². The predicted molar refractivity (Wildman–Crippen MR) is 167 cm³/mol. The molecule has 0 saturated carbocycles. The average Bonchev–Trinajstić information content (AvgIpc) is 3.72. The second-order valence-electron chi connectivity index (χ2n) is 12.8. The monoisotopic (exact) mass is 612 g/mol. The predicted octanol–water partition coefficient (Wildman–Crippen LogP) is 1.88. The van der Waals surface area contributed by atoms with E-state index in [0.717, 1.165) is 55.7 Å². The first-order valence-corrected chi connectivity index (χ1v) is 15.9. The number of methoxy groups -OCH3 is 1. The second-order valence-corrected chi connectivity index (χ2v) is 13.6. The van der Waals surface area contributed by atoms with Crippen molar-refractivity contribution in [2.75, 3.05) is 71.5 Å². The maximum Gasteiger partial charge on any atom is 0.251 e. The molecule has 3 saturated heterocycles. The van der Waals surface area contributed by atoms with Crippen molar-refractivity contribution in [2.45, 2.75) is 51.4 Å². The summed E-state index contributed by atoms with van der Waals surface area (Å²) in [5.74, 6) is -0.669. The van der Waals surface area contributed by atoms with Gasteiger partial charge in [0.15, 0.2) is 10.9 Å².